The third kappa shape index (κ3) is 10.5. The molecule has 58 heavy (non-hydrogen) atoms. The molecule has 4 bridgehead atoms. The van der Waals surface area contributed by atoms with Crippen LogP contribution in [0.2, 0.25) is 5.02 Å². The number of carboxylic acid groups (broad SMARTS) is 1. The average Bonchev–Trinajstić information content (AvgIpc) is 3.79. The minimum Gasteiger partial charge on any atom is -0.495 e. The maximum absolute atomic E-state index is 14.2. The summed E-state index contributed by atoms with van der Waals surface area (Å²) < 4.78 is 30.2. The molecule has 0 aliphatic carbocycles. The van der Waals surface area contributed by atoms with Crippen LogP contribution in [0, 0.1) is 5.92 Å². The van der Waals surface area contributed by atoms with E-state index in [0.717, 1.165) is 11.1 Å². The Hall–Kier alpha value is -3.41. The smallest absolute Gasteiger partial charge is 0.409 e. The van der Waals surface area contributed by atoms with Gasteiger partial charge in [-0.2, -0.15) is 0 Å². The van der Waals surface area contributed by atoms with E-state index in [9.17, 15) is 24.3 Å². The Morgan fingerprint density at radius 3 is 2.62 bits per heavy atom. The number of carboxylic acids is 1. The van der Waals surface area contributed by atoms with Gasteiger partial charge in [-0.05, 0) is 56.9 Å². The normalized spacial score (nSPS) is 31.1. The van der Waals surface area contributed by atoms with Crippen molar-refractivity contribution in [3.63, 3.8) is 0 Å². The quantitative estimate of drug-likeness (QED) is 0.122. The lowest BCUT2D eigenvalue weighted by molar-refractivity contribution is -0.156. The number of ether oxygens (including phenoxy) is 5. The number of aliphatic hydroxyl groups is 1. The molecule has 0 aromatic heterocycles. The largest absolute Gasteiger partial charge is 0.495 e. The lowest BCUT2D eigenvalue weighted by atomic mass is 9.83. The van der Waals surface area contributed by atoms with Gasteiger partial charge in [-0.25, -0.2) is 4.79 Å². The molecule has 4 aliphatic rings. The first-order valence-electron chi connectivity index (χ1n) is 19.4. The van der Waals surface area contributed by atoms with E-state index >= 15 is 0 Å². The van der Waals surface area contributed by atoms with Crippen LogP contribution < -0.4 is 15.0 Å². The van der Waals surface area contributed by atoms with Crippen molar-refractivity contribution in [3.05, 3.63) is 58.4 Å². The molecular weight excluding hydrogens is 810 g/mol. The number of amides is 3. The van der Waals surface area contributed by atoms with Gasteiger partial charge in [0.05, 0.1) is 25.3 Å². The molecule has 4 heterocycles. The molecular formula is C41H56ClN3O11S2. The molecule has 2 saturated heterocycles. The molecule has 1 unspecified atom stereocenters. The number of nitrogens with zero attached hydrogens (tertiary/aromatic N) is 2. The standard InChI is InChI=1S/C41H56ClN3O11S2/c1-23-11-9-10-12-32(53-8)41(51)22-30(55-39(50)43-41)25(3)38-40(56-38)21-31(26(4)44(5)34(46)15-16-57-58-24(2)13-14-36(48)49)54-33(40)20-35(47)45(6)28-18-27(17-23)19-29(52-7)37(28)42/h9-11,18-19,21,24-26,30,32-33,38,51H,12-17,20,22H2,1-8H3,(H,43,50)(H,48,49)/b10-9+,23-11+/t24?,25-,26+,30+,32-,33+,38+,40+,41+/m1/s1. The van der Waals surface area contributed by atoms with E-state index in [0.29, 0.717) is 42.2 Å². The molecule has 14 nitrogen and oxygen atoms in total. The fourth-order valence-corrected chi connectivity index (χ4v) is 10.3. The summed E-state index contributed by atoms with van der Waals surface area (Å²) in [6.45, 7) is 7.66. The van der Waals surface area contributed by atoms with Gasteiger partial charge < -0.3 is 43.7 Å². The molecule has 17 heteroatoms. The first-order valence-corrected chi connectivity index (χ1v) is 22.2. The first-order chi connectivity index (χ1) is 27.4. The number of alkyl carbamates (subject to hydrolysis) is 1. The van der Waals surface area contributed by atoms with Crippen LogP contribution in [0.1, 0.15) is 71.8 Å². The van der Waals surface area contributed by atoms with Gasteiger partial charge in [0.1, 0.15) is 40.9 Å². The van der Waals surface area contributed by atoms with E-state index in [1.807, 2.05) is 64.1 Å². The summed E-state index contributed by atoms with van der Waals surface area (Å²) >= 11 is 6.81. The van der Waals surface area contributed by atoms with Crippen LogP contribution in [0.15, 0.2) is 47.8 Å². The summed E-state index contributed by atoms with van der Waals surface area (Å²) in [4.78, 5) is 54.6. The molecule has 4 aliphatic heterocycles. The number of fused-ring (bicyclic) bond motifs is 4. The Morgan fingerprint density at radius 1 is 1.19 bits per heavy atom. The Balaban J connectivity index is 1.43. The number of halogens is 1. The van der Waals surface area contributed by atoms with E-state index in [-0.39, 0.29) is 47.8 Å². The van der Waals surface area contributed by atoms with E-state index in [4.69, 9.17) is 40.4 Å². The summed E-state index contributed by atoms with van der Waals surface area (Å²) in [6, 6.07) is 3.18. The van der Waals surface area contributed by atoms with E-state index < -0.39 is 59.8 Å². The Bertz CT molecular complexity index is 1810. The van der Waals surface area contributed by atoms with Crippen molar-refractivity contribution in [2.45, 2.75) is 120 Å². The fraction of sp³-hybridized carbons (Fsp3) is 0.610. The van der Waals surface area contributed by atoms with Crippen LogP contribution in [-0.4, -0.2) is 120 Å². The average molecular weight is 866 g/mol. The number of allylic oxidation sites excluding steroid dienone is 3. The summed E-state index contributed by atoms with van der Waals surface area (Å²) in [5.74, 6) is -0.284. The maximum atomic E-state index is 14.2. The molecule has 9 atom stereocenters. The highest BCUT2D eigenvalue weighted by atomic mass is 35.5. The lowest BCUT2D eigenvalue weighted by Crippen LogP contribution is -2.64. The number of carbonyl (C=O) groups is 4. The Morgan fingerprint density at radius 2 is 1.93 bits per heavy atom. The van der Waals surface area contributed by atoms with Crippen molar-refractivity contribution in [1.29, 1.82) is 0 Å². The van der Waals surface area contributed by atoms with Crippen LogP contribution in [0.5, 0.6) is 5.75 Å². The first kappa shape index (κ1) is 45.7. The monoisotopic (exact) mass is 865 g/mol. The third-order valence-corrected chi connectivity index (χ3v) is 14.7. The Labute approximate surface area is 353 Å². The number of rotatable bonds is 12. The highest BCUT2D eigenvalue weighted by Crippen LogP contribution is 2.54. The number of epoxide rings is 1. The minimum atomic E-state index is -1.75. The zero-order chi connectivity index (χ0) is 42.5. The number of anilines is 1. The molecule has 5 rings (SSSR count). The van der Waals surface area contributed by atoms with Crippen molar-refractivity contribution in [2.24, 2.45) is 5.92 Å². The SMILES string of the molecule is COc1cc2cc(c1Cl)N(C)C(=O)C[C@@H]1OC([C@H](C)N(C)C(=O)CCSSC(C)CCC(=O)O)=C[C@]13O[C@H]3[C@H](C)[C@@H]1C[C@@](O)(NC(=O)O1)[C@H](OC)C/C=C/C=C(\C)C2. The molecule has 3 N–H and O–H groups in total. The topological polar surface area (TPSA) is 177 Å². The van der Waals surface area contributed by atoms with Gasteiger partial charge in [0.25, 0.3) is 0 Å². The van der Waals surface area contributed by atoms with Crippen molar-refractivity contribution in [2.75, 3.05) is 39.0 Å². The van der Waals surface area contributed by atoms with Crippen LogP contribution in [0.3, 0.4) is 0 Å². The maximum Gasteiger partial charge on any atom is 0.409 e. The van der Waals surface area contributed by atoms with Gasteiger partial charge in [0.15, 0.2) is 11.3 Å². The number of methoxy groups -OCH3 is 2. The Kier molecular flexibility index (Phi) is 15.2. The zero-order valence-electron chi connectivity index (χ0n) is 34.3. The van der Waals surface area contributed by atoms with E-state index in [1.54, 1.807) is 29.8 Å². The third-order valence-electron chi connectivity index (χ3n) is 11.4. The second-order valence-electron chi connectivity index (χ2n) is 15.6. The predicted molar refractivity (Wildman–Crippen MR) is 224 cm³/mol. The van der Waals surface area contributed by atoms with Gasteiger partial charge in [-0.1, -0.05) is 70.8 Å². The van der Waals surface area contributed by atoms with E-state index in [2.05, 4.69) is 5.32 Å². The van der Waals surface area contributed by atoms with Crippen molar-refractivity contribution >= 4 is 62.8 Å². The van der Waals surface area contributed by atoms with Gasteiger partial charge in [-0.3, -0.25) is 19.7 Å². The van der Waals surface area contributed by atoms with Gasteiger partial charge in [-0.15, -0.1) is 0 Å². The van der Waals surface area contributed by atoms with Gasteiger partial charge in [0.2, 0.25) is 11.8 Å². The molecule has 1 spiro atoms. The zero-order valence-corrected chi connectivity index (χ0v) is 36.7. The van der Waals surface area contributed by atoms with Crippen molar-refractivity contribution < 1.29 is 53.1 Å². The van der Waals surface area contributed by atoms with Crippen molar-refractivity contribution in [1.82, 2.24) is 10.2 Å². The molecule has 1 aromatic carbocycles. The summed E-state index contributed by atoms with van der Waals surface area (Å²) in [7, 11) is 9.44. The summed E-state index contributed by atoms with van der Waals surface area (Å²) in [5, 5.41) is 23.8. The fourth-order valence-electron chi connectivity index (χ4n) is 7.66. The second kappa shape index (κ2) is 19.3. The van der Waals surface area contributed by atoms with Crippen LogP contribution in [0.4, 0.5) is 10.5 Å². The highest BCUT2D eigenvalue weighted by molar-refractivity contribution is 8.76. The molecule has 1 aromatic rings. The molecule has 320 valence electrons. The second-order valence-corrected chi connectivity index (χ2v) is 18.9. The number of aliphatic carboxylic acids is 1. The van der Waals surface area contributed by atoms with Crippen LogP contribution in [-0.2, 0) is 39.8 Å². The summed E-state index contributed by atoms with van der Waals surface area (Å²) in [6.07, 6.45) is 5.38. The number of carbonyl (C=O) groups excluding carboxylic acids is 3. The highest BCUT2D eigenvalue weighted by Gasteiger charge is 2.68. The van der Waals surface area contributed by atoms with Gasteiger partial charge >= 0.3 is 12.1 Å². The van der Waals surface area contributed by atoms with Crippen LogP contribution in [0.25, 0.3) is 0 Å². The van der Waals surface area contributed by atoms with E-state index in [1.165, 1.54) is 29.9 Å². The predicted octanol–water partition coefficient (Wildman–Crippen LogP) is 6.28. The number of benzene rings is 1. The lowest BCUT2D eigenvalue weighted by Gasteiger charge is -2.42. The number of hydrogen-bond acceptors (Lipinski definition) is 12. The summed E-state index contributed by atoms with van der Waals surface area (Å²) in [5.41, 5.74) is -0.509. The molecule has 0 saturated carbocycles. The number of likely N-dealkylation sites (N-methyl/N-ethyl adjacent to an activating group) is 1. The number of hydrogen-bond donors (Lipinski definition) is 3. The van der Waals surface area contributed by atoms with Crippen LogP contribution >= 0.6 is 33.2 Å². The van der Waals surface area contributed by atoms with Crippen molar-refractivity contribution in [3.8, 4) is 5.75 Å². The molecule has 3 amide bonds. The molecule has 0 radical (unpaired) electrons. The minimum absolute atomic E-state index is 0.0120. The molecule has 2 fully saturated rings. The van der Waals surface area contributed by atoms with Gasteiger partial charge in [0, 0.05) is 57.4 Å². The number of nitrogens with one attached hydrogen (secondary N) is 1.